The summed E-state index contributed by atoms with van der Waals surface area (Å²) >= 11 is 0. The van der Waals surface area contributed by atoms with Crippen molar-refractivity contribution >= 4 is 0 Å². The highest BCUT2D eigenvalue weighted by Gasteiger charge is 2.30. The van der Waals surface area contributed by atoms with Crippen molar-refractivity contribution in [3.63, 3.8) is 0 Å². The molecule has 0 heterocycles. The third kappa shape index (κ3) is 2.77. The molecule has 0 spiro atoms. The summed E-state index contributed by atoms with van der Waals surface area (Å²) in [6.07, 6.45) is 0. The maximum atomic E-state index is 9.96. The van der Waals surface area contributed by atoms with Gasteiger partial charge >= 0.3 is 0 Å². The second-order valence-corrected chi connectivity index (χ2v) is 3.00. The lowest BCUT2D eigenvalue weighted by Gasteiger charge is -2.22. The van der Waals surface area contributed by atoms with Crippen molar-refractivity contribution in [2.45, 2.75) is 26.4 Å². The van der Waals surface area contributed by atoms with Crippen LogP contribution in [-0.4, -0.2) is 22.2 Å². The van der Waals surface area contributed by atoms with Gasteiger partial charge < -0.3 is 5.11 Å². The summed E-state index contributed by atoms with van der Waals surface area (Å²) < 4.78 is 0. The van der Waals surface area contributed by atoms with Crippen LogP contribution in [0.2, 0.25) is 0 Å². The van der Waals surface area contributed by atoms with Gasteiger partial charge in [0.05, 0.1) is 0 Å². The quantitative estimate of drug-likeness (QED) is 0.471. The molecular formula is C6H13NO3. The molecule has 0 bridgehead atoms. The third-order valence-electron chi connectivity index (χ3n) is 1.69. The van der Waals surface area contributed by atoms with Gasteiger partial charge in [-0.05, 0) is 12.8 Å². The van der Waals surface area contributed by atoms with Crippen molar-refractivity contribution in [3.8, 4) is 0 Å². The molecule has 0 aliphatic heterocycles. The minimum Gasteiger partial charge on any atom is -0.383 e. The first kappa shape index (κ1) is 9.36. The molecule has 4 nitrogen and oxygen atoms in total. The first-order valence-corrected chi connectivity index (χ1v) is 3.20. The van der Waals surface area contributed by atoms with E-state index in [1.807, 2.05) is 0 Å². The molecule has 10 heavy (non-hydrogen) atoms. The Kier molecular flexibility index (Phi) is 2.77. The van der Waals surface area contributed by atoms with Gasteiger partial charge in [0.25, 0.3) is 0 Å². The monoisotopic (exact) mass is 147 g/mol. The second kappa shape index (κ2) is 2.96. The average Bonchev–Trinajstić information content (AvgIpc) is 1.60. The van der Waals surface area contributed by atoms with Crippen molar-refractivity contribution in [1.29, 1.82) is 0 Å². The Labute approximate surface area is 60.0 Å². The fourth-order valence-electron chi connectivity index (χ4n) is 0.444. The molecule has 0 radical (unpaired) electrons. The van der Waals surface area contributed by atoms with Gasteiger partial charge in [-0.25, -0.2) is 0 Å². The molecular weight excluding hydrogens is 134 g/mol. The lowest BCUT2D eigenvalue weighted by molar-refractivity contribution is -0.502. The number of hydrogen-bond donors (Lipinski definition) is 1. The smallest absolute Gasteiger partial charge is 0.232 e. The van der Waals surface area contributed by atoms with Gasteiger partial charge in [-0.15, -0.1) is 0 Å². The van der Waals surface area contributed by atoms with E-state index < -0.39 is 10.5 Å². The van der Waals surface area contributed by atoms with Crippen LogP contribution in [0, 0.1) is 16.0 Å². The average molecular weight is 147 g/mol. The molecule has 0 saturated carbocycles. The standard InChI is InChI=1S/C6H13NO3/c1-5(2)6(3,8)4-7(9)10/h5,8H,4H2,1-3H3. The number of rotatable bonds is 3. The lowest BCUT2D eigenvalue weighted by atomic mass is 9.93. The van der Waals surface area contributed by atoms with Crippen LogP contribution in [0.15, 0.2) is 0 Å². The van der Waals surface area contributed by atoms with E-state index in [1.165, 1.54) is 6.92 Å². The van der Waals surface area contributed by atoms with Crippen molar-refractivity contribution < 1.29 is 10.0 Å². The molecule has 1 N–H and O–H groups in total. The van der Waals surface area contributed by atoms with Gasteiger partial charge in [0.2, 0.25) is 6.54 Å². The summed E-state index contributed by atoms with van der Waals surface area (Å²) in [5, 5.41) is 19.3. The van der Waals surface area contributed by atoms with Gasteiger partial charge in [0.15, 0.2) is 0 Å². The van der Waals surface area contributed by atoms with Crippen molar-refractivity contribution in [3.05, 3.63) is 10.1 Å². The summed E-state index contributed by atoms with van der Waals surface area (Å²) in [6, 6.07) is 0. The SMILES string of the molecule is CC(C)C(C)(O)C[N+](=O)[O-]. The molecule has 1 unspecified atom stereocenters. The Balaban J connectivity index is 3.99. The Hall–Kier alpha value is -0.640. The van der Waals surface area contributed by atoms with E-state index in [0.717, 1.165) is 0 Å². The molecule has 1 atom stereocenters. The Morgan fingerprint density at radius 1 is 1.70 bits per heavy atom. The molecule has 0 aromatic carbocycles. The highest BCUT2D eigenvalue weighted by molar-refractivity contribution is 4.74. The van der Waals surface area contributed by atoms with E-state index in [9.17, 15) is 15.2 Å². The number of nitrogens with zero attached hydrogens (tertiary/aromatic N) is 1. The number of nitro groups is 1. The Bertz CT molecular complexity index is 131. The normalized spacial score (nSPS) is 16.9. The minimum atomic E-state index is -1.18. The second-order valence-electron chi connectivity index (χ2n) is 3.00. The first-order chi connectivity index (χ1) is 4.36. The summed E-state index contributed by atoms with van der Waals surface area (Å²) in [5.41, 5.74) is -1.18. The minimum absolute atomic E-state index is 0.0853. The van der Waals surface area contributed by atoms with Crippen LogP contribution < -0.4 is 0 Å². The molecule has 0 aromatic rings. The first-order valence-electron chi connectivity index (χ1n) is 3.20. The van der Waals surface area contributed by atoms with Crippen LogP contribution in [0.5, 0.6) is 0 Å². The van der Waals surface area contributed by atoms with Crippen LogP contribution in [0.3, 0.4) is 0 Å². The van der Waals surface area contributed by atoms with E-state index in [2.05, 4.69) is 0 Å². The molecule has 0 aromatic heterocycles. The zero-order chi connectivity index (χ0) is 8.36. The maximum Gasteiger partial charge on any atom is 0.232 e. The largest absolute Gasteiger partial charge is 0.383 e. The number of hydrogen-bond acceptors (Lipinski definition) is 3. The van der Waals surface area contributed by atoms with E-state index >= 15 is 0 Å². The van der Waals surface area contributed by atoms with Crippen molar-refractivity contribution in [1.82, 2.24) is 0 Å². The molecule has 0 fully saturated rings. The summed E-state index contributed by atoms with van der Waals surface area (Å²) in [6.45, 7) is 4.60. The van der Waals surface area contributed by atoms with Crippen molar-refractivity contribution in [2.75, 3.05) is 6.54 Å². The fraction of sp³-hybridized carbons (Fsp3) is 1.00. The van der Waals surface area contributed by atoms with Gasteiger partial charge in [-0.3, -0.25) is 10.1 Å². The van der Waals surface area contributed by atoms with Gasteiger partial charge in [-0.2, -0.15) is 0 Å². The van der Waals surface area contributed by atoms with E-state index in [-0.39, 0.29) is 12.5 Å². The lowest BCUT2D eigenvalue weighted by Crippen LogP contribution is -2.38. The van der Waals surface area contributed by atoms with Crippen LogP contribution >= 0.6 is 0 Å². The predicted molar refractivity (Wildman–Crippen MR) is 37.3 cm³/mol. The number of aliphatic hydroxyl groups is 1. The zero-order valence-electron chi connectivity index (χ0n) is 6.50. The highest BCUT2D eigenvalue weighted by atomic mass is 16.6. The highest BCUT2D eigenvalue weighted by Crippen LogP contribution is 2.15. The fourth-order valence-corrected chi connectivity index (χ4v) is 0.444. The van der Waals surface area contributed by atoms with E-state index in [1.54, 1.807) is 13.8 Å². The summed E-state index contributed by atoms with van der Waals surface area (Å²) in [4.78, 5) is 9.46. The summed E-state index contributed by atoms with van der Waals surface area (Å²) in [7, 11) is 0. The molecule has 0 aliphatic rings. The van der Waals surface area contributed by atoms with Crippen LogP contribution in [0.25, 0.3) is 0 Å². The van der Waals surface area contributed by atoms with Crippen LogP contribution in [0.1, 0.15) is 20.8 Å². The Morgan fingerprint density at radius 2 is 2.10 bits per heavy atom. The molecule has 0 aliphatic carbocycles. The van der Waals surface area contributed by atoms with Gasteiger partial charge in [0, 0.05) is 4.92 Å². The molecule has 60 valence electrons. The van der Waals surface area contributed by atoms with E-state index in [0.29, 0.717) is 0 Å². The van der Waals surface area contributed by atoms with Gasteiger partial charge in [-0.1, -0.05) is 13.8 Å². The van der Waals surface area contributed by atoms with Gasteiger partial charge in [0.1, 0.15) is 5.60 Å². The van der Waals surface area contributed by atoms with Crippen LogP contribution in [-0.2, 0) is 0 Å². The topological polar surface area (TPSA) is 63.4 Å². The third-order valence-corrected chi connectivity index (χ3v) is 1.69. The molecule has 4 heteroatoms. The Morgan fingerprint density at radius 3 is 2.20 bits per heavy atom. The summed E-state index contributed by atoms with van der Waals surface area (Å²) in [5.74, 6) is -0.0853. The molecule has 0 amide bonds. The molecule has 0 saturated heterocycles. The van der Waals surface area contributed by atoms with Crippen LogP contribution in [0.4, 0.5) is 0 Å². The zero-order valence-corrected chi connectivity index (χ0v) is 6.50. The molecule has 0 rings (SSSR count). The maximum absolute atomic E-state index is 9.96. The van der Waals surface area contributed by atoms with Crippen molar-refractivity contribution in [2.24, 2.45) is 5.92 Å². The van der Waals surface area contributed by atoms with E-state index in [4.69, 9.17) is 0 Å². The predicted octanol–water partition coefficient (Wildman–Crippen LogP) is 0.670.